The SMILES string of the molecule is CC(N)C(NC(=O)c1ccc(C#Cc2ccccc2Cl)cc1)C(N)=O. The molecule has 0 fully saturated rings. The molecule has 2 rings (SSSR count). The molecule has 0 radical (unpaired) electrons. The largest absolute Gasteiger partial charge is 0.368 e. The fourth-order valence-electron chi connectivity index (χ4n) is 2.09. The summed E-state index contributed by atoms with van der Waals surface area (Å²) in [6.45, 7) is 1.60. The lowest BCUT2D eigenvalue weighted by atomic mass is 10.1. The maximum Gasteiger partial charge on any atom is 0.251 e. The van der Waals surface area contributed by atoms with Gasteiger partial charge in [-0.15, -0.1) is 0 Å². The smallest absolute Gasteiger partial charge is 0.251 e. The number of amides is 2. The van der Waals surface area contributed by atoms with Crippen LogP contribution in [0.1, 0.15) is 28.4 Å². The molecule has 2 atom stereocenters. The van der Waals surface area contributed by atoms with Crippen LogP contribution in [-0.2, 0) is 4.79 Å². The zero-order chi connectivity index (χ0) is 18.4. The summed E-state index contributed by atoms with van der Waals surface area (Å²) in [6, 6.07) is 12.4. The molecular formula is C19H18ClN3O2. The number of carbonyl (C=O) groups excluding carboxylic acids is 2. The second kappa shape index (κ2) is 8.34. The molecule has 0 spiro atoms. The summed E-state index contributed by atoms with van der Waals surface area (Å²) < 4.78 is 0. The number of rotatable bonds is 4. The molecule has 2 aromatic rings. The van der Waals surface area contributed by atoms with E-state index in [4.69, 9.17) is 23.1 Å². The van der Waals surface area contributed by atoms with Gasteiger partial charge >= 0.3 is 0 Å². The first kappa shape index (κ1) is 18.5. The number of hydrogen-bond acceptors (Lipinski definition) is 3. The molecule has 2 unspecified atom stereocenters. The number of nitrogens with two attached hydrogens (primary N) is 2. The number of primary amides is 1. The molecule has 0 saturated heterocycles. The molecule has 0 aliphatic heterocycles. The van der Waals surface area contributed by atoms with Crippen molar-refractivity contribution in [2.24, 2.45) is 11.5 Å². The Morgan fingerprint density at radius 2 is 1.72 bits per heavy atom. The summed E-state index contributed by atoms with van der Waals surface area (Å²) in [6.07, 6.45) is 0. The van der Waals surface area contributed by atoms with Gasteiger partial charge in [-0.05, 0) is 43.3 Å². The van der Waals surface area contributed by atoms with E-state index in [2.05, 4.69) is 17.2 Å². The monoisotopic (exact) mass is 355 g/mol. The molecule has 0 heterocycles. The molecule has 0 saturated carbocycles. The van der Waals surface area contributed by atoms with Gasteiger partial charge in [-0.3, -0.25) is 9.59 Å². The van der Waals surface area contributed by atoms with Crippen molar-refractivity contribution in [1.82, 2.24) is 5.32 Å². The fraction of sp³-hybridized carbons (Fsp3) is 0.158. The van der Waals surface area contributed by atoms with Crippen LogP contribution in [0.15, 0.2) is 48.5 Å². The normalized spacial score (nSPS) is 12.4. The number of halogens is 1. The predicted octanol–water partition coefficient (Wildman–Crippen LogP) is 1.67. The Morgan fingerprint density at radius 1 is 1.08 bits per heavy atom. The molecule has 2 aromatic carbocycles. The molecular weight excluding hydrogens is 338 g/mol. The number of hydrogen-bond donors (Lipinski definition) is 3. The van der Waals surface area contributed by atoms with E-state index < -0.39 is 23.9 Å². The van der Waals surface area contributed by atoms with Crippen LogP contribution < -0.4 is 16.8 Å². The van der Waals surface area contributed by atoms with Crippen LogP contribution in [-0.4, -0.2) is 23.9 Å². The van der Waals surface area contributed by atoms with Crippen molar-refractivity contribution in [2.75, 3.05) is 0 Å². The van der Waals surface area contributed by atoms with E-state index in [1.807, 2.05) is 18.2 Å². The van der Waals surface area contributed by atoms with Crippen LogP contribution in [0.3, 0.4) is 0 Å². The van der Waals surface area contributed by atoms with Gasteiger partial charge in [-0.2, -0.15) is 0 Å². The minimum Gasteiger partial charge on any atom is -0.368 e. The lowest BCUT2D eigenvalue weighted by Crippen LogP contribution is -2.53. The third-order valence-corrected chi connectivity index (χ3v) is 3.81. The predicted molar refractivity (Wildman–Crippen MR) is 98.0 cm³/mol. The Hall–Kier alpha value is -2.81. The average molecular weight is 356 g/mol. The van der Waals surface area contributed by atoms with Crippen LogP contribution in [0, 0.1) is 11.8 Å². The van der Waals surface area contributed by atoms with Crippen LogP contribution in [0.2, 0.25) is 5.02 Å². The van der Waals surface area contributed by atoms with E-state index in [0.717, 1.165) is 11.1 Å². The highest BCUT2D eigenvalue weighted by atomic mass is 35.5. The Labute approximate surface area is 151 Å². The topological polar surface area (TPSA) is 98.2 Å². The van der Waals surface area contributed by atoms with Crippen LogP contribution in [0.25, 0.3) is 0 Å². The Kier molecular flexibility index (Phi) is 6.18. The van der Waals surface area contributed by atoms with Gasteiger partial charge in [0.15, 0.2) is 0 Å². The summed E-state index contributed by atoms with van der Waals surface area (Å²) in [7, 11) is 0. The van der Waals surface area contributed by atoms with Crippen molar-refractivity contribution < 1.29 is 9.59 Å². The van der Waals surface area contributed by atoms with Gasteiger partial charge in [-0.25, -0.2) is 0 Å². The molecule has 2 amide bonds. The van der Waals surface area contributed by atoms with Crippen molar-refractivity contribution >= 4 is 23.4 Å². The van der Waals surface area contributed by atoms with E-state index >= 15 is 0 Å². The van der Waals surface area contributed by atoms with E-state index in [-0.39, 0.29) is 0 Å². The summed E-state index contributed by atoms with van der Waals surface area (Å²) in [4.78, 5) is 23.5. The number of carbonyl (C=O) groups is 2. The lowest BCUT2D eigenvalue weighted by Gasteiger charge is -2.18. The van der Waals surface area contributed by atoms with Crippen molar-refractivity contribution in [3.05, 3.63) is 70.2 Å². The second-order valence-electron chi connectivity index (χ2n) is 5.52. The van der Waals surface area contributed by atoms with E-state index in [9.17, 15) is 9.59 Å². The zero-order valence-corrected chi connectivity index (χ0v) is 14.4. The van der Waals surface area contributed by atoms with Gasteiger partial charge in [0.05, 0.1) is 5.02 Å². The van der Waals surface area contributed by atoms with E-state index in [0.29, 0.717) is 10.6 Å². The average Bonchev–Trinajstić information content (AvgIpc) is 2.58. The second-order valence-corrected chi connectivity index (χ2v) is 5.93. The Balaban J connectivity index is 2.11. The summed E-state index contributed by atoms with van der Waals surface area (Å²) >= 11 is 6.05. The Bertz CT molecular complexity index is 836. The molecule has 5 N–H and O–H groups in total. The molecule has 128 valence electrons. The molecule has 25 heavy (non-hydrogen) atoms. The van der Waals surface area contributed by atoms with Crippen molar-refractivity contribution in [1.29, 1.82) is 0 Å². The summed E-state index contributed by atoms with van der Waals surface area (Å²) in [5.41, 5.74) is 12.7. The first-order chi connectivity index (χ1) is 11.9. The summed E-state index contributed by atoms with van der Waals surface area (Å²) in [5.74, 6) is 4.86. The summed E-state index contributed by atoms with van der Waals surface area (Å²) in [5, 5.41) is 3.11. The third-order valence-electron chi connectivity index (χ3n) is 3.48. The first-order valence-corrected chi connectivity index (χ1v) is 7.98. The zero-order valence-electron chi connectivity index (χ0n) is 13.6. The maximum absolute atomic E-state index is 12.2. The number of nitrogens with one attached hydrogen (secondary N) is 1. The van der Waals surface area contributed by atoms with Gasteiger partial charge in [0.2, 0.25) is 5.91 Å². The van der Waals surface area contributed by atoms with Crippen LogP contribution >= 0.6 is 11.6 Å². The molecule has 0 aromatic heterocycles. The standard InChI is InChI=1S/C19H18ClN3O2/c1-12(21)17(18(22)24)23-19(25)15-10-7-13(8-11-15)6-9-14-4-2-3-5-16(14)20/h2-5,7-8,10-12,17H,21H2,1H3,(H2,22,24)(H,23,25). The fourth-order valence-corrected chi connectivity index (χ4v) is 2.28. The minimum absolute atomic E-state index is 0.384. The van der Waals surface area contributed by atoms with Gasteiger partial charge < -0.3 is 16.8 Å². The lowest BCUT2D eigenvalue weighted by molar-refractivity contribution is -0.120. The minimum atomic E-state index is -0.924. The van der Waals surface area contributed by atoms with Crippen molar-refractivity contribution in [3.63, 3.8) is 0 Å². The molecule has 0 bridgehead atoms. The molecule has 0 aliphatic carbocycles. The first-order valence-electron chi connectivity index (χ1n) is 7.61. The highest BCUT2D eigenvalue weighted by Crippen LogP contribution is 2.13. The van der Waals surface area contributed by atoms with Crippen LogP contribution in [0.4, 0.5) is 0 Å². The van der Waals surface area contributed by atoms with E-state index in [1.165, 1.54) is 0 Å². The van der Waals surface area contributed by atoms with Crippen LogP contribution in [0.5, 0.6) is 0 Å². The maximum atomic E-state index is 12.2. The molecule has 0 aliphatic rings. The Morgan fingerprint density at radius 3 is 2.28 bits per heavy atom. The quantitative estimate of drug-likeness (QED) is 0.727. The van der Waals surface area contributed by atoms with Gasteiger partial charge in [0.25, 0.3) is 5.91 Å². The third kappa shape index (κ3) is 5.08. The van der Waals surface area contributed by atoms with Crippen molar-refractivity contribution in [2.45, 2.75) is 19.0 Å². The van der Waals surface area contributed by atoms with E-state index in [1.54, 1.807) is 37.3 Å². The number of benzene rings is 2. The highest BCUT2D eigenvalue weighted by molar-refractivity contribution is 6.31. The highest BCUT2D eigenvalue weighted by Gasteiger charge is 2.22. The molecule has 6 heteroatoms. The molecule has 5 nitrogen and oxygen atoms in total. The van der Waals surface area contributed by atoms with Gasteiger partial charge in [0, 0.05) is 22.7 Å². The van der Waals surface area contributed by atoms with Gasteiger partial charge in [-0.1, -0.05) is 35.6 Å². The van der Waals surface area contributed by atoms with Crippen molar-refractivity contribution in [3.8, 4) is 11.8 Å². The van der Waals surface area contributed by atoms with Gasteiger partial charge in [0.1, 0.15) is 6.04 Å².